The quantitative estimate of drug-likeness (QED) is 0.344. The van der Waals surface area contributed by atoms with E-state index in [-0.39, 0.29) is 6.42 Å². The van der Waals surface area contributed by atoms with E-state index >= 15 is 0 Å². The molecule has 1 aromatic heterocycles. The van der Waals surface area contributed by atoms with Crippen LogP contribution in [0.2, 0.25) is 0 Å². The molecule has 10 nitrogen and oxygen atoms in total. The standard InChI is InChI=1S/C28H34O10/c1-13(29)35-16-11-17(30)37-24(2,3)19-18(31)20(32)27(6)15(26(16,19)5)7-9-25(4)21(14-8-10-34-12-14)36-23(33)22-28(25,27)38-22/h8,10,12,15-16,19-22,32H,7,9,11H2,1-6H3/t15-,16+,19+,20+,21+,22+,25+,26-,27+,28-/m1/s1. The van der Waals surface area contributed by atoms with Crippen LogP contribution < -0.4 is 0 Å². The van der Waals surface area contributed by atoms with E-state index in [1.807, 2.05) is 13.8 Å². The summed E-state index contributed by atoms with van der Waals surface area (Å²) in [6.07, 6.45) is -0.340. The van der Waals surface area contributed by atoms with E-state index in [9.17, 15) is 24.3 Å². The summed E-state index contributed by atoms with van der Waals surface area (Å²) >= 11 is 0. The number of cyclic esters (lactones) is 2. The molecule has 0 bridgehead atoms. The van der Waals surface area contributed by atoms with E-state index in [0.29, 0.717) is 18.4 Å². The molecule has 0 amide bonds. The maximum absolute atomic E-state index is 14.3. The van der Waals surface area contributed by atoms with Crippen LogP contribution in [-0.4, -0.2) is 58.3 Å². The number of epoxide rings is 1. The molecule has 10 atom stereocenters. The first-order valence-electron chi connectivity index (χ1n) is 13.2. The Balaban J connectivity index is 1.57. The van der Waals surface area contributed by atoms with Crippen LogP contribution >= 0.6 is 0 Å². The monoisotopic (exact) mass is 530 g/mol. The Morgan fingerprint density at radius 2 is 1.82 bits per heavy atom. The number of esters is 3. The normalized spacial score (nSPS) is 48.8. The molecule has 3 aliphatic heterocycles. The second-order valence-corrected chi connectivity index (χ2v) is 12.9. The summed E-state index contributed by atoms with van der Waals surface area (Å²) in [6.45, 7) is 10.2. The maximum Gasteiger partial charge on any atom is 0.339 e. The van der Waals surface area contributed by atoms with Gasteiger partial charge in [0.15, 0.2) is 11.9 Å². The number of hydrogen-bond acceptors (Lipinski definition) is 10. The minimum Gasteiger partial charge on any atom is -0.472 e. The number of aliphatic hydroxyl groups excluding tert-OH is 1. The Hall–Kier alpha value is -2.72. The van der Waals surface area contributed by atoms with Gasteiger partial charge in [-0.15, -0.1) is 0 Å². The largest absolute Gasteiger partial charge is 0.472 e. The number of Topliss-reactive ketones (excluding diaryl/α,β-unsaturated/α-hetero) is 1. The molecule has 4 heterocycles. The number of aliphatic hydroxyl groups is 1. The lowest BCUT2D eigenvalue weighted by molar-refractivity contribution is -0.260. The van der Waals surface area contributed by atoms with E-state index in [4.69, 9.17) is 23.4 Å². The first kappa shape index (κ1) is 25.6. The predicted molar refractivity (Wildman–Crippen MR) is 127 cm³/mol. The van der Waals surface area contributed by atoms with Crippen molar-refractivity contribution in [2.45, 2.75) is 96.4 Å². The molecule has 5 aliphatic rings. The van der Waals surface area contributed by atoms with Crippen LogP contribution in [0.5, 0.6) is 0 Å². The highest BCUT2D eigenvalue weighted by molar-refractivity contribution is 5.92. The molecule has 1 N–H and O–H groups in total. The second-order valence-electron chi connectivity index (χ2n) is 12.9. The number of furan rings is 1. The lowest BCUT2D eigenvalue weighted by Gasteiger charge is -2.67. The molecule has 6 rings (SSSR count). The van der Waals surface area contributed by atoms with Crippen molar-refractivity contribution in [2.75, 3.05) is 0 Å². The van der Waals surface area contributed by atoms with Crippen molar-refractivity contribution in [3.63, 3.8) is 0 Å². The molecule has 0 aromatic carbocycles. The van der Waals surface area contributed by atoms with Gasteiger partial charge >= 0.3 is 17.9 Å². The van der Waals surface area contributed by atoms with Gasteiger partial charge in [0.1, 0.15) is 29.5 Å². The van der Waals surface area contributed by atoms with Gasteiger partial charge in [-0.2, -0.15) is 0 Å². The minimum atomic E-state index is -1.53. The second kappa shape index (κ2) is 7.47. The Kier molecular flexibility index (Phi) is 5.02. The predicted octanol–water partition coefficient (Wildman–Crippen LogP) is 2.66. The number of carbonyl (C=O) groups excluding carboxylic acids is 4. The summed E-state index contributed by atoms with van der Waals surface area (Å²) < 4.78 is 29.0. The van der Waals surface area contributed by atoms with Crippen molar-refractivity contribution < 1.29 is 47.6 Å². The summed E-state index contributed by atoms with van der Waals surface area (Å²) in [5.41, 5.74) is -5.00. The molecular weight excluding hydrogens is 496 g/mol. The lowest BCUT2D eigenvalue weighted by atomic mass is 9.36. The molecular formula is C28H34O10. The van der Waals surface area contributed by atoms with E-state index in [0.717, 1.165) is 0 Å². The molecule has 0 unspecified atom stereocenters. The molecule has 1 aromatic rings. The van der Waals surface area contributed by atoms with Gasteiger partial charge in [-0.05, 0) is 38.7 Å². The summed E-state index contributed by atoms with van der Waals surface area (Å²) in [5, 5.41) is 11.9. The molecule has 38 heavy (non-hydrogen) atoms. The number of fused-ring (bicyclic) bond motifs is 3. The zero-order chi connectivity index (χ0) is 27.6. The fourth-order valence-electron chi connectivity index (χ4n) is 9.46. The van der Waals surface area contributed by atoms with E-state index in [1.54, 1.807) is 26.8 Å². The third kappa shape index (κ3) is 2.75. The maximum atomic E-state index is 14.3. The lowest BCUT2D eigenvalue weighted by Crippen LogP contribution is -2.76. The average Bonchev–Trinajstić information content (AvgIpc) is 3.40. The Morgan fingerprint density at radius 3 is 2.45 bits per heavy atom. The molecule has 206 valence electrons. The third-order valence-corrected chi connectivity index (χ3v) is 10.7. The highest BCUT2D eigenvalue weighted by atomic mass is 16.7. The zero-order valence-electron chi connectivity index (χ0n) is 22.4. The topological polar surface area (TPSA) is 142 Å². The summed E-state index contributed by atoms with van der Waals surface area (Å²) in [4.78, 5) is 52.7. The molecule has 5 fully saturated rings. The van der Waals surface area contributed by atoms with Crippen molar-refractivity contribution in [2.24, 2.45) is 28.1 Å². The van der Waals surface area contributed by atoms with Gasteiger partial charge in [-0.3, -0.25) is 14.4 Å². The van der Waals surface area contributed by atoms with Gasteiger partial charge in [0.05, 0.1) is 24.9 Å². The summed E-state index contributed by atoms with van der Waals surface area (Å²) in [6, 6.07) is 1.74. The van der Waals surface area contributed by atoms with Crippen LogP contribution in [0.3, 0.4) is 0 Å². The van der Waals surface area contributed by atoms with Gasteiger partial charge < -0.3 is 28.5 Å². The Labute approximate surface area is 220 Å². The van der Waals surface area contributed by atoms with Crippen LogP contribution in [0.15, 0.2) is 23.0 Å². The minimum absolute atomic E-state index is 0.222. The first-order valence-corrected chi connectivity index (χ1v) is 13.2. The van der Waals surface area contributed by atoms with Crippen LogP contribution in [0.4, 0.5) is 0 Å². The van der Waals surface area contributed by atoms with Crippen molar-refractivity contribution in [1.29, 1.82) is 0 Å². The van der Waals surface area contributed by atoms with Gasteiger partial charge in [0, 0.05) is 28.7 Å². The fourth-order valence-corrected chi connectivity index (χ4v) is 9.46. The van der Waals surface area contributed by atoms with Gasteiger partial charge in [-0.1, -0.05) is 20.8 Å². The van der Waals surface area contributed by atoms with Gasteiger partial charge in [-0.25, -0.2) is 4.79 Å². The highest BCUT2D eigenvalue weighted by Crippen LogP contribution is 2.79. The van der Waals surface area contributed by atoms with Crippen molar-refractivity contribution in [1.82, 2.24) is 0 Å². The molecule has 2 aliphatic carbocycles. The highest BCUT2D eigenvalue weighted by Gasteiger charge is 2.89. The van der Waals surface area contributed by atoms with Crippen LogP contribution in [0.25, 0.3) is 0 Å². The molecule has 0 radical (unpaired) electrons. The van der Waals surface area contributed by atoms with Crippen LogP contribution in [-0.2, 0) is 38.1 Å². The third-order valence-electron chi connectivity index (χ3n) is 10.7. The number of rotatable bonds is 2. The average molecular weight is 531 g/mol. The first-order chi connectivity index (χ1) is 17.7. The van der Waals surface area contributed by atoms with E-state index < -0.39 is 87.4 Å². The molecule has 3 saturated heterocycles. The van der Waals surface area contributed by atoms with E-state index in [1.165, 1.54) is 19.5 Å². The number of ketones is 1. The van der Waals surface area contributed by atoms with Crippen molar-refractivity contribution in [3.05, 3.63) is 24.2 Å². The molecule has 10 heteroatoms. The fraction of sp³-hybridized carbons (Fsp3) is 0.714. The van der Waals surface area contributed by atoms with Crippen molar-refractivity contribution in [3.8, 4) is 0 Å². The van der Waals surface area contributed by atoms with Crippen LogP contribution in [0, 0.1) is 28.1 Å². The van der Waals surface area contributed by atoms with Gasteiger partial charge in [0.25, 0.3) is 0 Å². The zero-order valence-corrected chi connectivity index (χ0v) is 22.4. The number of ether oxygens (including phenoxy) is 4. The Morgan fingerprint density at radius 1 is 1.11 bits per heavy atom. The smallest absolute Gasteiger partial charge is 0.339 e. The Bertz CT molecular complexity index is 1240. The SMILES string of the molecule is CC(=O)O[C@H]1CC(=O)OC(C)(C)[C@@H]2C(=O)[C@H](O)[C@]3(C)[C@H](CC[C@@]4(C)[C@H](c5ccoc5)OC(=O)[C@@H]5O[C@@]534)[C@]12C. The van der Waals surface area contributed by atoms with E-state index in [2.05, 4.69) is 0 Å². The number of carbonyl (C=O) groups is 4. The summed E-state index contributed by atoms with van der Waals surface area (Å²) in [5.74, 6) is -3.67. The van der Waals surface area contributed by atoms with Crippen LogP contribution in [0.1, 0.15) is 72.5 Å². The number of hydrogen-bond donors (Lipinski definition) is 1. The van der Waals surface area contributed by atoms with Gasteiger partial charge in [0.2, 0.25) is 0 Å². The van der Waals surface area contributed by atoms with Crippen molar-refractivity contribution >= 4 is 23.7 Å². The molecule has 1 spiro atoms. The molecule has 2 saturated carbocycles. The summed E-state index contributed by atoms with van der Waals surface area (Å²) in [7, 11) is 0.